The molecule has 1 N–H and O–H groups in total. The lowest BCUT2D eigenvalue weighted by Gasteiger charge is -2.14. The van der Waals surface area contributed by atoms with Gasteiger partial charge in [-0.1, -0.05) is 12.5 Å². The number of hydrogen-bond donors (Lipinski definition) is 1. The third-order valence-corrected chi connectivity index (χ3v) is 7.75. The van der Waals surface area contributed by atoms with Gasteiger partial charge in [-0.3, -0.25) is 4.79 Å². The van der Waals surface area contributed by atoms with Crippen LogP contribution in [0.1, 0.15) is 44.9 Å². The van der Waals surface area contributed by atoms with E-state index in [2.05, 4.69) is 5.32 Å². The van der Waals surface area contributed by atoms with Crippen molar-refractivity contribution in [2.24, 2.45) is 0 Å². The van der Waals surface area contributed by atoms with E-state index in [0.717, 1.165) is 18.4 Å². The molecule has 0 unspecified atom stereocenters. The number of rotatable bonds is 4. The summed E-state index contributed by atoms with van der Waals surface area (Å²) in [6.45, 7) is 1.85. The van der Waals surface area contributed by atoms with E-state index >= 15 is 0 Å². The van der Waals surface area contributed by atoms with Gasteiger partial charge in [0.05, 0.1) is 9.77 Å². The molecule has 2 aromatic rings. The molecule has 1 heterocycles. The minimum absolute atomic E-state index is 0.172. The third-order valence-electron chi connectivity index (χ3n) is 4.71. The van der Waals surface area contributed by atoms with Gasteiger partial charge in [-0.2, -0.15) is 0 Å². The molecule has 26 heavy (non-hydrogen) atoms. The fourth-order valence-electron chi connectivity index (χ4n) is 3.07. The normalized spacial score (nSPS) is 14.8. The molecular formula is C19H24N2O3S2. The lowest BCUT2D eigenvalue weighted by atomic mass is 10.1. The molecule has 1 amide bonds. The van der Waals surface area contributed by atoms with Gasteiger partial charge in [-0.15, -0.1) is 11.3 Å². The number of sulfonamides is 1. The van der Waals surface area contributed by atoms with Gasteiger partial charge in [0.1, 0.15) is 0 Å². The summed E-state index contributed by atoms with van der Waals surface area (Å²) < 4.78 is 25.8. The Labute approximate surface area is 159 Å². The molecule has 3 rings (SSSR count). The topological polar surface area (TPSA) is 66.5 Å². The zero-order chi connectivity index (χ0) is 18.9. The van der Waals surface area contributed by atoms with Crippen LogP contribution in [0.15, 0.2) is 29.2 Å². The van der Waals surface area contributed by atoms with Crippen molar-refractivity contribution in [1.82, 2.24) is 4.31 Å². The van der Waals surface area contributed by atoms with Crippen molar-refractivity contribution >= 4 is 33.0 Å². The van der Waals surface area contributed by atoms with Gasteiger partial charge in [0.2, 0.25) is 10.0 Å². The average molecular weight is 393 g/mol. The van der Waals surface area contributed by atoms with Gasteiger partial charge >= 0.3 is 0 Å². The van der Waals surface area contributed by atoms with Crippen LogP contribution in [0.25, 0.3) is 0 Å². The summed E-state index contributed by atoms with van der Waals surface area (Å²) in [4.78, 5) is 14.9. The Kier molecular flexibility index (Phi) is 5.50. The predicted octanol–water partition coefficient (Wildman–Crippen LogP) is 3.83. The van der Waals surface area contributed by atoms with E-state index < -0.39 is 10.0 Å². The number of aryl methyl sites for hydroxylation is 3. The Bertz CT molecular complexity index is 907. The van der Waals surface area contributed by atoms with Crippen LogP contribution in [0.5, 0.6) is 0 Å². The van der Waals surface area contributed by atoms with Crippen molar-refractivity contribution in [1.29, 1.82) is 0 Å². The van der Waals surface area contributed by atoms with Gasteiger partial charge in [-0.05, 0) is 61.9 Å². The molecule has 0 aliphatic heterocycles. The lowest BCUT2D eigenvalue weighted by Crippen LogP contribution is -2.22. The monoisotopic (exact) mass is 392 g/mol. The minimum atomic E-state index is -3.54. The number of fused-ring (bicyclic) bond motifs is 1. The van der Waals surface area contributed by atoms with Crippen LogP contribution in [-0.4, -0.2) is 32.7 Å². The first-order valence-electron chi connectivity index (χ1n) is 8.75. The van der Waals surface area contributed by atoms with Crippen LogP contribution in [0.4, 0.5) is 5.69 Å². The van der Waals surface area contributed by atoms with Gasteiger partial charge in [-0.25, -0.2) is 12.7 Å². The maximum Gasteiger partial charge on any atom is 0.265 e. The average Bonchev–Trinajstić information content (AvgIpc) is 2.87. The van der Waals surface area contributed by atoms with Gasteiger partial charge in [0.25, 0.3) is 5.91 Å². The Morgan fingerprint density at radius 3 is 2.58 bits per heavy atom. The molecule has 1 aliphatic carbocycles. The number of nitrogens with zero attached hydrogens (tertiary/aromatic N) is 1. The first-order chi connectivity index (χ1) is 12.3. The number of carbonyl (C=O) groups is 1. The van der Waals surface area contributed by atoms with Crippen LogP contribution >= 0.6 is 11.3 Å². The molecular weight excluding hydrogens is 368 g/mol. The molecule has 0 fully saturated rings. The summed E-state index contributed by atoms with van der Waals surface area (Å²) in [5.74, 6) is -0.175. The first-order valence-corrected chi connectivity index (χ1v) is 11.0. The summed E-state index contributed by atoms with van der Waals surface area (Å²) in [5, 5.41) is 2.89. The zero-order valence-corrected chi connectivity index (χ0v) is 17.0. The summed E-state index contributed by atoms with van der Waals surface area (Å²) in [7, 11) is -0.554. The molecule has 0 atom stereocenters. The van der Waals surface area contributed by atoms with E-state index in [1.54, 1.807) is 23.5 Å². The molecule has 0 spiro atoms. The fourth-order valence-corrected chi connectivity index (χ4v) is 5.15. The number of nitrogens with one attached hydrogen (secondary N) is 1. The van der Waals surface area contributed by atoms with Gasteiger partial charge < -0.3 is 5.32 Å². The molecule has 140 valence electrons. The highest BCUT2D eigenvalue weighted by Gasteiger charge is 2.20. The zero-order valence-electron chi connectivity index (χ0n) is 15.3. The predicted molar refractivity (Wildman–Crippen MR) is 106 cm³/mol. The van der Waals surface area contributed by atoms with E-state index in [4.69, 9.17) is 0 Å². The summed E-state index contributed by atoms with van der Waals surface area (Å²) in [6, 6.07) is 6.81. The number of thiophene rings is 1. The molecule has 0 radical (unpaired) electrons. The smallest absolute Gasteiger partial charge is 0.265 e. The number of anilines is 1. The largest absolute Gasteiger partial charge is 0.321 e. The Morgan fingerprint density at radius 1 is 1.12 bits per heavy atom. The maximum absolute atomic E-state index is 12.7. The van der Waals surface area contributed by atoms with Crippen molar-refractivity contribution in [3.05, 3.63) is 45.1 Å². The Hall–Kier alpha value is -1.70. The second-order valence-electron chi connectivity index (χ2n) is 6.84. The molecule has 0 bridgehead atoms. The number of carbonyl (C=O) groups excluding carboxylic acids is 1. The van der Waals surface area contributed by atoms with Crippen LogP contribution in [0.3, 0.4) is 0 Å². The van der Waals surface area contributed by atoms with Crippen molar-refractivity contribution in [2.75, 3.05) is 19.4 Å². The molecule has 1 aromatic carbocycles. The van der Waals surface area contributed by atoms with E-state index in [1.807, 2.05) is 13.0 Å². The van der Waals surface area contributed by atoms with Crippen molar-refractivity contribution < 1.29 is 13.2 Å². The molecule has 0 saturated heterocycles. The van der Waals surface area contributed by atoms with Crippen LogP contribution in [-0.2, 0) is 22.9 Å². The highest BCUT2D eigenvalue weighted by molar-refractivity contribution is 7.89. The Balaban J connectivity index is 1.86. The van der Waals surface area contributed by atoms with Crippen molar-refractivity contribution in [3.63, 3.8) is 0 Å². The van der Waals surface area contributed by atoms with Crippen LogP contribution in [0, 0.1) is 6.92 Å². The summed E-state index contributed by atoms with van der Waals surface area (Å²) in [6.07, 6.45) is 5.68. The number of benzene rings is 1. The fraction of sp³-hybridized carbons (Fsp3) is 0.421. The minimum Gasteiger partial charge on any atom is -0.321 e. The second kappa shape index (κ2) is 7.50. The second-order valence-corrected chi connectivity index (χ2v) is 10.1. The van der Waals surface area contributed by atoms with E-state index in [1.165, 1.54) is 54.2 Å². The molecule has 0 saturated carbocycles. The van der Waals surface area contributed by atoms with Crippen molar-refractivity contribution in [3.8, 4) is 0 Å². The Morgan fingerprint density at radius 2 is 1.85 bits per heavy atom. The van der Waals surface area contributed by atoms with E-state index in [-0.39, 0.29) is 10.8 Å². The molecule has 1 aromatic heterocycles. The first kappa shape index (κ1) is 19.1. The van der Waals surface area contributed by atoms with Gasteiger partial charge in [0.15, 0.2) is 0 Å². The highest BCUT2D eigenvalue weighted by atomic mass is 32.2. The van der Waals surface area contributed by atoms with Gasteiger partial charge in [0, 0.05) is 24.7 Å². The SMILES string of the molecule is Cc1ccc(S(=O)(=O)N(C)C)cc1NC(=O)c1cc2c(s1)CCCCC2. The number of amides is 1. The van der Waals surface area contributed by atoms with E-state index in [0.29, 0.717) is 10.6 Å². The highest BCUT2D eigenvalue weighted by Crippen LogP contribution is 2.30. The lowest BCUT2D eigenvalue weighted by molar-refractivity contribution is 0.103. The van der Waals surface area contributed by atoms with Crippen molar-refractivity contribution in [2.45, 2.75) is 43.9 Å². The van der Waals surface area contributed by atoms with E-state index in [9.17, 15) is 13.2 Å². The third kappa shape index (κ3) is 3.84. The maximum atomic E-state index is 12.7. The summed E-state index contributed by atoms with van der Waals surface area (Å²) >= 11 is 1.56. The van der Waals surface area contributed by atoms with Crippen LogP contribution in [0.2, 0.25) is 0 Å². The number of hydrogen-bond acceptors (Lipinski definition) is 4. The molecule has 7 heteroatoms. The summed E-state index contributed by atoms with van der Waals surface area (Å²) in [5.41, 5.74) is 2.65. The standard InChI is InChI=1S/C19H24N2O3S2/c1-13-9-10-15(26(23,24)21(2)3)12-16(13)20-19(22)18-11-14-7-5-4-6-8-17(14)25-18/h9-12H,4-8H2,1-3H3,(H,20,22). The molecule has 1 aliphatic rings. The van der Waals surface area contributed by atoms with Crippen LogP contribution < -0.4 is 5.32 Å². The molecule has 5 nitrogen and oxygen atoms in total. The quantitative estimate of drug-likeness (QED) is 0.804.